The van der Waals surface area contributed by atoms with Crippen LogP contribution in [-0.2, 0) is 10.0 Å². The topological polar surface area (TPSA) is 109 Å². The lowest BCUT2D eigenvalue weighted by Crippen LogP contribution is -2.29. The first kappa shape index (κ1) is 20.0. The number of anilines is 3. The molecule has 0 saturated carbocycles. The van der Waals surface area contributed by atoms with Crippen LogP contribution in [0.3, 0.4) is 0 Å². The minimum atomic E-state index is -3.62. The van der Waals surface area contributed by atoms with Crippen molar-refractivity contribution in [2.75, 3.05) is 23.7 Å². The zero-order chi connectivity index (χ0) is 20.0. The number of aromatic nitrogens is 3. The highest BCUT2D eigenvalue weighted by Crippen LogP contribution is 2.19. The number of sulfonamides is 1. The summed E-state index contributed by atoms with van der Waals surface area (Å²) in [6.45, 7) is 2.35. The Morgan fingerprint density at radius 1 is 0.964 bits per heavy atom. The Kier molecular flexibility index (Phi) is 6.40. The lowest BCUT2D eigenvalue weighted by Gasteiger charge is -2.09. The Morgan fingerprint density at radius 2 is 1.75 bits per heavy atom. The standard InChI is InChI=1S/C18H19ClN6O2S/c1-13-5-6-14(12-15(13)19)28(26,27)22-11-10-21-17-7-8-18(25-24-17)23-16-4-2-3-9-20-16/h2-9,12,22H,10-11H2,1H3,(H,21,24)(H,20,23,25). The molecule has 0 bridgehead atoms. The molecule has 0 fully saturated rings. The average molecular weight is 419 g/mol. The van der Waals surface area contributed by atoms with Gasteiger partial charge in [0.2, 0.25) is 10.0 Å². The second-order valence-electron chi connectivity index (χ2n) is 5.88. The van der Waals surface area contributed by atoms with Crippen LogP contribution in [0.1, 0.15) is 5.56 Å². The van der Waals surface area contributed by atoms with Gasteiger partial charge < -0.3 is 10.6 Å². The zero-order valence-electron chi connectivity index (χ0n) is 15.1. The Balaban J connectivity index is 1.49. The number of benzene rings is 1. The minimum absolute atomic E-state index is 0.132. The Hall–Kier alpha value is -2.75. The Morgan fingerprint density at radius 3 is 2.43 bits per heavy atom. The summed E-state index contributed by atoms with van der Waals surface area (Å²) < 4.78 is 27.1. The summed E-state index contributed by atoms with van der Waals surface area (Å²) in [5.74, 6) is 1.76. The third-order valence-corrected chi connectivity index (χ3v) is 5.63. The summed E-state index contributed by atoms with van der Waals surface area (Å²) in [6.07, 6.45) is 1.68. The molecule has 1 aromatic carbocycles. The SMILES string of the molecule is Cc1ccc(S(=O)(=O)NCCNc2ccc(Nc3ccccn3)nn2)cc1Cl. The number of aryl methyl sites for hydroxylation is 1. The number of hydrogen-bond donors (Lipinski definition) is 3. The molecule has 0 aliphatic carbocycles. The van der Waals surface area contributed by atoms with E-state index in [1.54, 1.807) is 24.4 Å². The maximum absolute atomic E-state index is 12.3. The summed E-state index contributed by atoms with van der Waals surface area (Å²) in [7, 11) is -3.62. The van der Waals surface area contributed by atoms with Gasteiger partial charge in [0, 0.05) is 24.3 Å². The summed E-state index contributed by atoms with van der Waals surface area (Å²) in [6, 6.07) is 13.6. The highest BCUT2D eigenvalue weighted by Gasteiger charge is 2.14. The predicted molar refractivity (Wildman–Crippen MR) is 109 cm³/mol. The fraction of sp³-hybridized carbons (Fsp3) is 0.167. The van der Waals surface area contributed by atoms with E-state index in [4.69, 9.17) is 11.6 Å². The average Bonchev–Trinajstić information content (AvgIpc) is 2.69. The molecule has 0 amide bonds. The number of nitrogens with zero attached hydrogens (tertiary/aromatic N) is 3. The van der Waals surface area contributed by atoms with Crippen LogP contribution in [0.25, 0.3) is 0 Å². The molecule has 0 spiro atoms. The zero-order valence-corrected chi connectivity index (χ0v) is 16.6. The number of rotatable bonds is 8. The molecule has 2 heterocycles. The van der Waals surface area contributed by atoms with Crippen molar-refractivity contribution in [1.82, 2.24) is 19.9 Å². The van der Waals surface area contributed by atoms with Crippen LogP contribution in [0, 0.1) is 6.92 Å². The first-order chi connectivity index (χ1) is 13.4. The molecule has 0 atom stereocenters. The van der Waals surface area contributed by atoms with Crippen molar-refractivity contribution in [3.63, 3.8) is 0 Å². The number of hydrogen-bond acceptors (Lipinski definition) is 7. The van der Waals surface area contributed by atoms with Crippen molar-refractivity contribution in [1.29, 1.82) is 0 Å². The Labute approximate surface area is 168 Å². The fourth-order valence-corrected chi connectivity index (χ4v) is 3.56. The summed E-state index contributed by atoms with van der Waals surface area (Å²) in [4.78, 5) is 4.28. The van der Waals surface area contributed by atoms with Crippen LogP contribution in [-0.4, -0.2) is 36.7 Å². The van der Waals surface area contributed by atoms with Gasteiger partial charge in [-0.15, -0.1) is 10.2 Å². The van der Waals surface area contributed by atoms with E-state index in [1.165, 1.54) is 12.1 Å². The molecular formula is C18H19ClN6O2S. The summed E-state index contributed by atoms with van der Waals surface area (Å²) in [5.41, 5.74) is 0.821. The number of nitrogens with one attached hydrogen (secondary N) is 3. The van der Waals surface area contributed by atoms with Crippen LogP contribution in [0.2, 0.25) is 5.02 Å². The smallest absolute Gasteiger partial charge is 0.240 e. The molecule has 3 rings (SSSR count). The van der Waals surface area contributed by atoms with Crippen molar-refractivity contribution in [3.05, 3.63) is 65.3 Å². The molecule has 0 unspecified atom stereocenters. The first-order valence-corrected chi connectivity index (χ1v) is 10.3. The highest BCUT2D eigenvalue weighted by atomic mass is 35.5. The van der Waals surface area contributed by atoms with Crippen LogP contribution in [0.4, 0.5) is 17.5 Å². The van der Waals surface area contributed by atoms with E-state index in [0.29, 0.717) is 29.0 Å². The largest absolute Gasteiger partial charge is 0.367 e. The molecule has 28 heavy (non-hydrogen) atoms. The van der Waals surface area contributed by atoms with Gasteiger partial charge in [-0.3, -0.25) is 0 Å². The summed E-state index contributed by atoms with van der Waals surface area (Å²) >= 11 is 6.00. The lowest BCUT2D eigenvalue weighted by atomic mass is 10.2. The maximum Gasteiger partial charge on any atom is 0.240 e. The molecule has 8 nitrogen and oxygen atoms in total. The van der Waals surface area contributed by atoms with Gasteiger partial charge in [0.1, 0.15) is 11.6 Å². The van der Waals surface area contributed by atoms with E-state index in [0.717, 1.165) is 5.56 Å². The van der Waals surface area contributed by atoms with E-state index in [2.05, 4.69) is 30.5 Å². The van der Waals surface area contributed by atoms with Gasteiger partial charge in [-0.1, -0.05) is 23.7 Å². The first-order valence-electron chi connectivity index (χ1n) is 8.45. The molecular weight excluding hydrogens is 400 g/mol. The van der Waals surface area contributed by atoms with Gasteiger partial charge in [-0.05, 0) is 48.9 Å². The minimum Gasteiger partial charge on any atom is -0.367 e. The van der Waals surface area contributed by atoms with Gasteiger partial charge in [0.05, 0.1) is 4.90 Å². The highest BCUT2D eigenvalue weighted by molar-refractivity contribution is 7.89. The third-order valence-electron chi connectivity index (χ3n) is 3.76. The fourth-order valence-electron chi connectivity index (χ4n) is 2.26. The molecule has 146 valence electrons. The van der Waals surface area contributed by atoms with Crippen molar-refractivity contribution < 1.29 is 8.42 Å². The van der Waals surface area contributed by atoms with Gasteiger partial charge >= 0.3 is 0 Å². The monoisotopic (exact) mass is 418 g/mol. The van der Waals surface area contributed by atoms with Crippen LogP contribution < -0.4 is 15.4 Å². The van der Waals surface area contributed by atoms with E-state index in [1.807, 2.05) is 25.1 Å². The molecule has 10 heteroatoms. The van der Waals surface area contributed by atoms with Crippen molar-refractivity contribution in [2.24, 2.45) is 0 Å². The van der Waals surface area contributed by atoms with Crippen molar-refractivity contribution >= 4 is 39.1 Å². The van der Waals surface area contributed by atoms with Crippen molar-refractivity contribution in [3.8, 4) is 0 Å². The van der Waals surface area contributed by atoms with Crippen LogP contribution >= 0.6 is 11.6 Å². The molecule has 0 aliphatic heterocycles. The number of pyridine rings is 1. The second kappa shape index (κ2) is 8.96. The van der Waals surface area contributed by atoms with Gasteiger partial charge in [0.15, 0.2) is 5.82 Å². The van der Waals surface area contributed by atoms with Crippen LogP contribution in [0.15, 0.2) is 59.6 Å². The molecule has 2 aromatic heterocycles. The van der Waals surface area contributed by atoms with Gasteiger partial charge in [-0.25, -0.2) is 18.1 Å². The lowest BCUT2D eigenvalue weighted by molar-refractivity contribution is 0.583. The van der Waals surface area contributed by atoms with Gasteiger partial charge in [0.25, 0.3) is 0 Å². The number of halogens is 1. The van der Waals surface area contributed by atoms with Crippen molar-refractivity contribution in [2.45, 2.75) is 11.8 Å². The van der Waals surface area contributed by atoms with E-state index in [-0.39, 0.29) is 11.4 Å². The Bertz CT molecular complexity index is 1030. The van der Waals surface area contributed by atoms with Crippen LogP contribution in [0.5, 0.6) is 0 Å². The molecule has 0 radical (unpaired) electrons. The molecule has 0 aliphatic rings. The summed E-state index contributed by atoms with van der Waals surface area (Å²) in [5, 5.41) is 14.5. The molecule has 3 N–H and O–H groups in total. The van der Waals surface area contributed by atoms with Gasteiger partial charge in [-0.2, -0.15) is 0 Å². The predicted octanol–water partition coefficient (Wildman–Crippen LogP) is 2.97. The van der Waals surface area contributed by atoms with E-state index in [9.17, 15) is 8.42 Å². The second-order valence-corrected chi connectivity index (χ2v) is 8.05. The van der Waals surface area contributed by atoms with E-state index < -0.39 is 10.0 Å². The maximum atomic E-state index is 12.3. The quantitative estimate of drug-likeness (QED) is 0.482. The van der Waals surface area contributed by atoms with E-state index >= 15 is 0 Å². The molecule has 0 saturated heterocycles. The third kappa shape index (κ3) is 5.38. The molecule has 3 aromatic rings. The normalized spacial score (nSPS) is 11.2.